The summed E-state index contributed by atoms with van der Waals surface area (Å²) in [6.45, 7) is 19.8. The molecule has 0 spiro atoms. The van der Waals surface area contributed by atoms with E-state index in [-0.39, 0.29) is 23.5 Å². The molecule has 0 radical (unpaired) electrons. The summed E-state index contributed by atoms with van der Waals surface area (Å²) in [5.74, 6) is -1.17. The fourth-order valence-corrected chi connectivity index (χ4v) is 16.1. The Balaban J connectivity index is 0.000000173. The molecular formula is C77H94N4O7S4. The molecule has 0 amide bonds. The van der Waals surface area contributed by atoms with Gasteiger partial charge in [0.2, 0.25) is 0 Å². The highest BCUT2D eigenvalue weighted by molar-refractivity contribution is 8.00. The predicted octanol–water partition coefficient (Wildman–Crippen LogP) is 18.2. The zero-order valence-corrected chi connectivity index (χ0v) is 57.8. The zero-order chi connectivity index (χ0) is 63.2. The number of nitrogens with zero attached hydrogens (tertiary/aromatic N) is 4. The number of aliphatic hydroxyl groups excluding tert-OH is 1. The highest BCUT2D eigenvalue weighted by Crippen LogP contribution is 2.42. The first kappa shape index (κ1) is 72.6. The number of ether oxygens (including phenoxy) is 1. The molecule has 488 valence electrons. The second-order valence-corrected chi connectivity index (χ2v) is 28.1. The number of piperidine rings is 4. The maximum atomic E-state index is 11.7. The molecule has 4 heterocycles. The summed E-state index contributed by atoms with van der Waals surface area (Å²) >= 11 is 7.22. The van der Waals surface area contributed by atoms with Gasteiger partial charge in [-0.25, -0.2) is 9.59 Å². The van der Waals surface area contributed by atoms with Crippen LogP contribution >= 0.6 is 47.0 Å². The molecule has 0 atom stereocenters. The van der Waals surface area contributed by atoms with Gasteiger partial charge in [-0.1, -0.05) is 125 Å². The Morgan fingerprint density at radius 1 is 0.370 bits per heavy atom. The Hall–Kier alpha value is -6.82. The number of carboxylic acid groups (broad SMARTS) is 1. The van der Waals surface area contributed by atoms with Crippen LogP contribution in [-0.4, -0.2) is 92.6 Å². The number of methoxy groups -OCH3 is 1. The van der Waals surface area contributed by atoms with Crippen molar-refractivity contribution in [2.24, 2.45) is 0 Å². The number of carbonyl (C=O) groups excluding carboxylic acids is 1. The normalized spacial score (nSPS) is 14.6. The standard InChI is InChI=1S/C20H23NO2S.C19H21NO2S.C19H23NOS.C19H23NS.2H2O/c1-15-14-16(20(22)23-2)10-11-18(15)24-19-9-5-4-8-17(19)21-12-6-3-7-13-21;1-14-13-15(19(21)22)9-10-17(14)23-18-8-4-3-7-16(18)20-11-5-2-6-12-20;1-15-13-16(14-21)9-10-18(15)22-19-8-4-3-7-17(19)20-11-5-2-6-12-20;1-15-10-11-18(16(2)14-15)21-19-9-5-4-8-17(19)20-12-6-3-7-13-20;;/h4-5,8-11,14H,3,6-7,12-13H2,1-2H3;3-4,7-10,13H,2,5-6,11-12H2,1H3,(H,21,22);3-4,7-10,13,21H,2,5-6,11-12,14H2,1H3;4-5,8-11,14H,3,6-7,12-13H2,1-2H3;2*1H2. The van der Waals surface area contributed by atoms with Gasteiger partial charge in [-0.15, -0.1) is 0 Å². The van der Waals surface area contributed by atoms with Gasteiger partial charge in [0.25, 0.3) is 0 Å². The Kier molecular flexibility index (Phi) is 29.3. The molecule has 8 aromatic carbocycles. The molecule has 4 aliphatic rings. The molecule has 0 unspecified atom stereocenters. The van der Waals surface area contributed by atoms with Crippen molar-refractivity contribution in [3.63, 3.8) is 0 Å². The predicted molar refractivity (Wildman–Crippen MR) is 387 cm³/mol. The maximum absolute atomic E-state index is 11.7. The number of hydrogen-bond donors (Lipinski definition) is 2. The van der Waals surface area contributed by atoms with Crippen LogP contribution in [0.4, 0.5) is 22.7 Å². The van der Waals surface area contributed by atoms with Crippen LogP contribution in [0.15, 0.2) is 209 Å². The molecule has 0 aliphatic carbocycles. The first-order chi connectivity index (χ1) is 43.8. The van der Waals surface area contributed by atoms with E-state index in [2.05, 4.69) is 168 Å². The van der Waals surface area contributed by atoms with Crippen LogP contribution in [0.3, 0.4) is 0 Å². The number of aromatic carboxylic acids is 1. The van der Waals surface area contributed by atoms with E-state index in [1.54, 1.807) is 35.7 Å². The first-order valence-electron chi connectivity index (χ1n) is 32.2. The second kappa shape index (κ2) is 37.2. The van der Waals surface area contributed by atoms with Crippen LogP contribution in [0.1, 0.15) is 131 Å². The Bertz CT molecular complexity index is 3630. The summed E-state index contributed by atoms with van der Waals surface area (Å²) in [6.07, 6.45) is 15.7. The summed E-state index contributed by atoms with van der Waals surface area (Å²) in [7, 11) is 1.41. The summed E-state index contributed by atoms with van der Waals surface area (Å²) in [5.41, 5.74) is 13.3. The lowest BCUT2D eigenvalue weighted by Crippen LogP contribution is -2.29. The van der Waals surface area contributed by atoms with E-state index in [0.29, 0.717) is 11.1 Å². The van der Waals surface area contributed by atoms with E-state index in [1.165, 1.54) is 184 Å². The summed E-state index contributed by atoms with van der Waals surface area (Å²) in [6, 6.07) is 58.7. The summed E-state index contributed by atoms with van der Waals surface area (Å²) in [4.78, 5) is 42.9. The quantitative estimate of drug-likeness (QED) is 0.0935. The van der Waals surface area contributed by atoms with E-state index in [1.807, 2.05) is 67.7 Å². The molecule has 15 heteroatoms. The van der Waals surface area contributed by atoms with Crippen molar-refractivity contribution >= 4 is 81.7 Å². The molecule has 4 aliphatic heterocycles. The third kappa shape index (κ3) is 20.6. The zero-order valence-electron chi connectivity index (χ0n) is 54.6. The molecular weight excluding hydrogens is 1220 g/mol. The highest BCUT2D eigenvalue weighted by Gasteiger charge is 2.21. The van der Waals surface area contributed by atoms with Gasteiger partial charge in [0.05, 0.1) is 47.6 Å². The van der Waals surface area contributed by atoms with Crippen LogP contribution in [0, 0.1) is 34.6 Å². The lowest BCUT2D eigenvalue weighted by molar-refractivity contribution is 0.0599. The number of anilines is 4. The van der Waals surface area contributed by atoms with Gasteiger partial charge in [-0.2, -0.15) is 0 Å². The van der Waals surface area contributed by atoms with Gasteiger partial charge < -0.3 is 45.5 Å². The van der Waals surface area contributed by atoms with Gasteiger partial charge in [0.1, 0.15) is 0 Å². The fraction of sp³-hybridized carbons (Fsp3) is 0.351. The van der Waals surface area contributed by atoms with Crippen molar-refractivity contribution in [2.45, 2.75) is 157 Å². The van der Waals surface area contributed by atoms with Gasteiger partial charge in [0, 0.05) is 91.5 Å². The molecule has 4 saturated heterocycles. The van der Waals surface area contributed by atoms with Crippen LogP contribution in [0.5, 0.6) is 0 Å². The van der Waals surface area contributed by atoms with Crippen molar-refractivity contribution in [2.75, 3.05) is 79.1 Å². The number of benzene rings is 8. The van der Waals surface area contributed by atoms with E-state index < -0.39 is 5.97 Å². The number of hydrogen-bond acceptors (Lipinski definition) is 12. The SMILES string of the molecule is COC(=O)c1ccc(Sc2ccccc2N2CCCCC2)c(C)c1.Cc1cc(C(=O)O)ccc1Sc1ccccc1N1CCCCC1.Cc1cc(CO)ccc1Sc1ccccc1N1CCCCC1.Cc1ccc(Sc2ccccc2N2CCCCC2)c(C)c1.O.O. The Morgan fingerprint density at radius 3 is 0.967 bits per heavy atom. The maximum Gasteiger partial charge on any atom is 0.337 e. The number of carboxylic acids is 1. The fourth-order valence-electron chi connectivity index (χ4n) is 12.0. The van der Waals surface area contributed by atoms with Gasteiger partial charge in [-0.05, 0) is 237 Å². The van der Waals surface area contributed by atoms with Crippen molar-refractivity contribution < 1.29 is 35.5 Å². The summed E-state index contributed by atoms with van der Waals surface area (Å²) < 4.78 is 4.80. The number of aryl methyl sites for hydroxylation is 5. The largest absolute Gasteiger partial charge is 0.478 e. The second-order valence-electron chi connectivity index (χ2n) is 23.8. The number of esters is 1. The van der Waals surface area contributed by atoms with Crippen LogP contribution in [0.2, 0.25) is 0 Å². The van der Waals surface area contributed by atoms with Crippen LogP contribution in [-0.2, 0) is 11.3 Å². The van der Waals surface area contributed by atoms with Crippen molar-refractivity contribution in [3.8, 4) is 0 Å². The number of para-hydroxylation sites is 4. The number of aliphatic hydroxyl groups is 1. The topological polar surface area (TPSA) is 160 Å². The Labute approximate surface area is 564 Å². The molecule has 12 rings (SSSR count). The average Bonchev–Trinajstić information content (AvgIpc) is 1.06. The van der Waals surface area contributed by atoms with E-state index in [0.717, 1.165) is 47.8 Å². The van der Waals surface area contributed by atoms with Crippen LogP contribution in [0.25, 0.3) is 0 Å². The number of carbonyl (C=O) groups is 2. The van der Waals surface area contributed by atoms with E-state index in [9.17, 15) is 14.7 Å². The van der Waals surface area contributed by atoms with Crippen molar-refractivity contribution in [1.82, 2.24) is 0 Å². The lowest BCUT2D eigenvalue weighted by Gasteiger charge is -2.30. The van der Waals surface area contributed by atoms with Gasteiger partial charge >= 0.3 is 11.9 Å². The molecule has 92 heavy (non-hydrogen) atoms. The van der Waals surface area contributed by atoms with Crippen LogP contribution < -0.4 is 19.6 Å². The molecule has 0 bridgehead atoms. The first-order valence-corrected chi connectivity index (χ1v) is 35.5. The monoisotopic (exact) mass is 1310 g/mol. The molecule has 4 fully saturated rings. The molecule has 11 nitrogen and oxygen atoms in total. The minimum absolute atomic E-state index is 0. The number of rotatable bonds is 15. The Morgan fingerprint density at radius 2 is 0.663 bits per heavy atom. The van der Waals surface area contributed by atoms with E-state index >= 15 is 0 Å². The summed E-state index contributed by atoms with van der Waals surface area (Å²) in [5, 5.41) is 18.3. The average molecular weight is 1320 g/mol. The molecule has 0 saturated carbocycles. The lowest BCUT2D eigenvalue weighted by atomic mass is 10.1. The van der Waals surface area contributed by atoms with Gasteiger partial charge in [-0.3, -0.25) is 0 Å². The molecule has 0 aromatic heterocycles. The van der Waals surface area contributed by atoms with E-state index in [4.69, 9.17) is 9.84 Å². The molecule has 6 N–H and O–H groups in total. The van der Waals surface area contributed by atoms with Crippen molar-refractivity contribution in [3.05, 3.63) is 214 Å². The third-order valence-electron chi connectivity index (χ3n) is 16.9. The minimum Gasteiger partial charge on any atom is -0.478 e. The third-order valence-corrected chi connectivity index (χ3v) is 21.9. The molecule has 8 aromatic rings. The minimum atomic E-state index is -0.877. The van der Waals surface area contributed by atoms with Crippen molar-refractivity contribution in [1.29, 1.82) is 0 Å². The van der Waals surface area contributed by atoms with Gasteiger partial charge in [0.15, 0.2) is 0 Å². The smallest absolute Gasteiger partial charge is 0.337 e. The highest BCUT2D eigenvalue weighted by atomic mass is 32.2.